The number of carbonyl (C=O) groups excluding carboxylic acids is 2. The average Bonchev–Trinajstić information content (AvgIpc) is 3.36. The second-order valence-electron chi connectivity index (χ2n) is 9.84. The summed E-state index contributed by atoms with van der Waals surface area (Å²) < 4.78 is 0. The Balaban J connectivity index is 1.26. The number of aryl methyl sites for hydroxylation is 1. The molecule has 2 aromatic carbocycles. The molecule has 174 valence electrons. The van der Waals surface area contributed by atoms with Gasteiger partial charge in [-0.3, -0.25) is 9.59 Å². The molecular weight excluding hydrogens is 410 g/mol. The van der Waals surface area contributed by atoms with E-state index in [0.29, 0.717) is 6.54 Å². The van der Waals surface area contributed by atoms with Crippen molar-refractivity contribution in [1.29, 1.82) is 0 Å². The maximum atomic E-state index is 13.8. The first-order valence-corrected chi connectivity index (χ1v) is 12.6. The largest absolute Gasteiger partial charge is 0.329 e. The first-order valence-electron chi connectivity index (χ1n) is 12.6. The van der Waals surface area contributed by atoms with Crippen molar-refractivity contribution < 1.29 is 9.59 Å². The molecule has 0 saturated carbocycles. The molecule has 3 heterocycles. The summed E-state index contributed by atoms with van der Waals surface area (Å²) in [6.45, 7) is 4.18. The highest BCUT2D eigenvalue weighted by Crippen LogP contribution is 2.39. The van der Waals surface area contributed by atoms with Gasteiger partial charge in [-0.15, -0.1) is 0 Å². The third-order valence-electron chi connectivity index (χ3n) is 7.91. The molecule has 1 spiro atoms. The summed E-state index contributed by atoms with van der Waals surface area (Å²) >= 11 is 0. The lowest BCUT2D eigenvalue weighted by Crippen LogP contribution is -2.72. The van der Waals surface area contributed by atoms with Gasteiger partial charge in [-0.1, -0.05) is 60.7 Å². The van der Waals surface area contributed by atoms with Crippen molar-refractivity contribution >= 4 is 11.8 Å². The van der Waals surface area contributed by atoms with E-state index in [1.54, 1.807) is 0 Å². The van der Waals surface area contributed by atoms with Crippen molar-refractivity contribution in [2.24, 2.45) is 0 Å². The number of piperazine rings is 1. The number of piperidine rings is 1. The minimum atomic E-state index is -0.650. The Morgan fingerprint density at radius 2 is 1.42 bits per heavy atom. The van der Waals surface area contributed by atoms with Crippen molar-refractivity contribution in [3.8, 4) is 0 Å². The number of hydrogen-bond acceptors (Lipinski definition) is 3. The minimum Gasteiger partial charge on any atom is -0.329 e. The maximum absolute atomic E-state index is 13.8. The van der Waals surface area contributed by atoms with Crippen LogP contribution in [0.5, 0.6) is 0 Å². The van der Waals surface area contributed by atoms with Crippen molar-refractivity contribution in [3.63, 3.8) is 0 Å². The van der Waals surface area contributed by atoms with Crippen LogP contribution >= 0.6 is 0 Å². The topological polar surface area (TPSA) is 43.9 Å². The van der Waals surface area contributed by atoms with Gasteiger partial charge in [-0.05, 0) is 62.6 Å². The highest BCUT2D eigenvalue weighted by molar-refractivity contribution is 6.00. The van der Waals surface area contributed by atoms with Gasteiger partial charge in [0, 0.05) is 26.2 Å². The third kappa shape index (κ3) is 4.43. The van der Waals surface area contributed by atoms with Gasteiger partial charge in [-0.2, -0.15) is 0 Å². The Kier molecular flexibility index (Phi) is 6.50. The second-order valence-corrected chi connectivity index (χ2v) is 9.84. The number of carbonyl (C=O) groups is 2. The molecule has 3 fully saturated rings. The van der Waals surface area contributed by atoms with Crippen LogP contribution in [0.1, 0.15) is 43.2 Å². The van der Waals surface area contributed by atoms with Crippen LogP contribution in [0.3, 0.4) is 0 Å². The molecule has 3 aliphatic heterocycles. The number of likely N-dealkylation sites (tertiary alicyclic amines) is 1. The number of amides is 2. The van der Waals surface area contributed by atoms with Crippen molar-refractivity contribution in [1.82, 2.24) is 14.7 Å². The van der Waals surface area contributed by atoms with Crippen molar-refractivity contribution in [2.45, 2.75) is 56.5 Å². The Morgan fingerprint density at radius 3 is 2.09 bits per heavy atom. The van der Waals surface area contributed by atoms with Crippen LogP contribution in [-0.4, -0.2) is 70.8 Å². The highest BCUT2D eigenvalue weighted by Gasteiger charge is 2.57. The van der Waals surface area contributed by atoms with Gasteiger partial charge >= 0.3 is 0 Å². The van der Waals surface area contributed by atoms with Gasteiger partial charge in [0.2, 0.25) is 11.8 Å². The predicted octanol–water partition coefficient (Wildman–Crippen LogP) is 3.53. The Morgan fingerprint density at radius 1 is 0.788 bits per heavy atom. The zero-order chi connectivity index (χ0) is 22.7. The number of hydrogen-bond donors (Lipinski definition) is 0. The van der Waals surface area contributed by atoms with Gasteiger partial charge < -0.3 is 14.7 Å². The second kappa shape index (κ2) is 9.68. The third-order valence-corrected chi connectivity index (χ3v) is 7.91. The lowest BCUT2D eigenvalue weighted by Gasteiger charge is -2.53. The molecular formula is C28H35N3O2. The molecule has 0 radical (unpaired) electrons. The monoisotopic (exact) mass is 445 g/mol. The summed E-state index contributed by atoms with van der Waals surface area (Å²) in [6, 6.07) is 20.7. The fourth-order valence-corrected chi connectivity index (χ4v) is 6.03. The summed E-state index contributed by atoms with van der Waals surface area (Å²) in [6.07, 6.45) is 6.26. The SMILES string of the molecule is O=C1C2CCCN2C(=O)C2(CCN(CCCc3ccccc3)CC2)N1CCc1ccccc1. The molecule has 1 unspecified atom stereocenters. The Bertz CT molecular complexity index is 954. The van der Waals surface area contributed by atoms with E-state index in [0.717, 1.165) is 71.1 Å². The van der Waals surface area contributed by atoms with Gasteiger partial charge in [0.15, 0.2) is 0 Å². The van der Waals surface area contributed by atoms with Gasteiger partial charge in [0.05, 0.1) is 0 Å². The molecule has 1 atom stereocenters. The molecule has 5 heteroatoms. The van der Waals surface area contributed by atoms with Gasteiger partial charge in [0.25, 0.3) is 0 Å². The number of rotatable bonds is 7. The molecule has 5 nitrogen and oxygen atoms in total. The summed E-state index contributed by atoms with van der Waals surface area (Å²) in [4.78, 5) is 33.7. The summed E-state index contributed by atoms with van der Waals surface area (Å²) in [5.41, 5.74) is 1.95. The lowest BCUT2D eigenvalue weighted by molar-refractivity contribution is -0.172. The number of fused-ring (bicyclic) bond motifs is 1. The first kappa shape index (κ1) is 22.1. The first-order chi connectivity index (χ1) is 16.2. The maximum Gasteiger partial charge on any atom is 0.249 e. The van der Waals surface area contributed by atoms with Crippen molar-refractivity contribution in [2.75, 3.05) is 32.7 Å². The molecule has 0 aliphatic carbocycles. The standard InChI is InChI=1S/C28H35N3O2/c32-26-25-14-8-19-30(25)27(33)28(31(26)20-15-24-11-5-2-6-12-24)16-21-29(22-17-28)18-7-13-23-9-3-1-4-10-23/h1-6,9-12,25H,7-8,13-22H2. The zero-order valence-electron chi connectivity index (χ0n) is 19.5. The van der Waals surface area contributed by atoms with E-state index in [4.69, 9.17) is 0 Å². The van der Waals surface area contributed by atoms with Gasteiger partial charge in [-0.25, -0.2) is 0 Å². The molecule has 3 saturated heterocycles. The molecule has 3 aliphatic rings. The van der Waals surface area contributed by atoms with E-state index < -0.39 is 5.54 Å². The van der Waals surface area contributed by atoms with Crippen LogP contribution in [0.25, 0.3) is 0 Å². The molecule has 0 N–H and O–H groups in total. The minimum absolute atomic E-state index is 0.181. The Hall–Kier alpha value is -2.66. The normalized spacial score (nSPS) is 22.7. The molecule has 2 amide bonds. The summed E-state index contributed by atoms with van der Waals surface area (Å²) in [5, 5.41) is 0. The smallest absolute Gasteiger partial charge is 0.249 e. The van der Waals surface area contributed by atoms with Crippen LogP contribution < -0.4 is 0 Å². The fraction of sp³-hybridized carbons (Fsp3) is 0.500. The summed E-state index contributed by atoms with van der Waals surface area (Å²) in [7, 11) is 0. The lowest BCUT2D eigenvalue weighted by atomic mass is 9.80. The van der Waals surface area contributed by atoms with Crippen LogP contribution in [-0.2, 0) is 22.4 Å². The van der Waals surface area contributed by atoms with E-state index in [1.807, 2.05) is 28.0 Å². The van der Waals surface area contributed by atoms with Crippen LogP contribution in [0, 0.1) is 0 Å². The van der Waals surface area contributed by atoms with Crippen molar-refractivity contribution in [3.05, 3.63) is 71.8 Å². The van der Waals surface area contributed by atoms with E-state index in [-0.39, 0.29) is 17.9 Å². The zero-order valence-corrected chi connectivity index (χ0v) is 19.5. The molecule has 33 heavy (non-hydrogen) atoms. The molecule has 5 rings (SSSR count). The average molecular weight is 446 g/mol. The molecule has 2 aromatic rings. The van der Waals surface area contributed by atoms with E-state index in [1.165, 1.54) is 11.1 Å². The fourth-order valence-electron chi connectivity index (χ4n) is 6.03. The quantitative estimate of drug-likeness (QED) is 0.655. The van der Waals surface area contributed by atoms with E-state index in [2.05, 4.69) is 47.4 Å². The highest BCUT2D eigenvalue weighted by atomic mass is 16.2. The summed E-state index contributed by atoms with van der Waals surface area (Å²) in [5.74, 6) is 0.391. The van der Waals surface area contributed by atoms with Crippen LogP contribution in [0.4, 0.5) is 0 Å². The molecule has 0 bridgehead atoms. The van der Waals surface area contributed by atoms with E-state index >= 15 is 0 Å². The Labute approximate surface area is 197 Å². The molecule has 0 aromatic heterocycles. The van der Waals surface area contributed by atoms with Gasteiger partial charge in [0.1, 0.15) is 11.6 Å². The number of benzene rings is 2. The number of nitrogens with zero attached hydrogens (tertiary/aromatic N) is 3. The van der Waals surface area contributed by atoms with Crippen LogP contribution in [0.15, 0.2) is 60.7 Å². The predicted molar refractivity (Wildman–Crippen MR) is 130 cm³/mol. The van der Waals surface area contributed by atoms with E-state index in [9.17, 15) is 9.59 Å². The van der Waals surface area contributed by atoms with Crippen LogP contribution in [0.2, 0.25) is 0 Å².